The normalized spacial score (nSPS) is 12.8. The summed E-state index contributed by atoms with van der Waals surface area (Å²) in [7, 11) is 3.67. The topological polar surface area (TPSA) is 53.4 Å². The quantitative estimate of drug-likeness (QED) is 0.906. The van der Waals surface area contributed by atoms with Crippen molar-refractivity contribution in [2.45, 2.75) is 12.5 Å². The predicted molar refractivity (Wildman–Crippen MR) is 68.3 cm³/mol. The maximum absolute atomic E-state index is 10.8. The van der Waals surface area contributed by atoms with Gasteiger partial charge < -0.3 is 10.0 Å². The molecule has 0 fully saturated rings. The molecule has 16 heavy (non-hydrogen) atoms. The smallest absolute Gasteiger partial charge is 0.305 e. The zero-order valence-electron chi connectivity index (χ0n) is 8.94. The molecule has 0 aliphatic rings. The molecule has 88 valence electrons. The second-order valence-electron chi connectivity index (χ2n) is 3.60. The van der Waals surface area contributed by atoms with Crippen LogP contribution < -0.4 is 0 Å². The van der Waals surface area contributed by atoms with Crippen LogP contribution in [0.2, 0.25) is 0 Å². The lowest BCUT2D eigenvalue weighted by atomic mass is 10.1. The van der Waals surface area contributed by atoms with E-state index in [2.05, 4.69) is 36.8 Å². The standard InChI is InChI=1S/C10H12Br2N2O2/c1-14(2)8(4-9(15)16)10-7(12)3-6(11)5-13-10/h3,5,8H,4H2,1-2H3,(H,15,16). The van der Waals surface area contributed by atoms with E-state index in [9.17, 15) is 4.79 Å². The number of carboxylic acids is 1. The maximum Gasteiger partial charge on any atom is 0.305 e. The Kier molecular flexibility index (Phi) is 4.89. The van der Waals surface area contributed by atoms with Crippen molar-refractivity contribution in [1.29, 1.82) is 0 Å². The molecule has 0 amide bonds. The largest absolute Gasteiger partial charge is 0.481 e. The Hall–Kier alpha value is -0.460. The summed E-state index contributed by atoms with van der Waals surface area (Å²) in [6.07, 6.45) is 1.69. The summed E-state index contributed by atoms with van der Waals surface area (Å²) in [5, 5.41) is 8.86. The fourth-order valence-corrected chi connectivity index (χ4v) is 2.61. The molecule has 1 unspecified atom stereocenters. The Labute approximate surface area is 111 Å². The third-order valence-electron chi connectivity index (χ3n) is 2.14. The predicted octanol–water partition coefficient (Wildman–Crippen LogP) is 2.68. The van der Waals surface area contributed by atoms with Crippen LogP contribution in [0.25, 0.3) is 0 Å². The summed E-state index contributed by atoms with van der Waals surface area (Å²) < 4.78 is 1.66. The fourth-order valence-electron chi connectivity index (χ4n) is 1.36. The van der Waals surface area contributed by atoms with Crippen molar-refractivity contribution in [3.05, 3.63) is 26.9 Å². The van der Waals surface area contributed by atoms with Gasteiger partial charge in [0.1, 0.15) is 0 Å². The van der Waals surface area contributed by atoms with Gasteiger partial charge in [0.2, 0.25) is 0 Å². The number of pyridine rings is 1. The molecule has 0 aromatic carbocycles. The van der Waals surface area contributed by atoms with Gasteiger partial charge in [-0.25, -0.2) is 0 Å². The van der Waals surface area contributed by atoms with Gasteiger partial charge in [0.25, 0.3) is 0 Å². The van der Waals surface area contributed by atoms with Crippen molar-refractivity contribution >= 4 is 37.8 Å². The number of nitrogens with zero attached hydrogens (tertiary/aromatic N) is 2. The zero-order chi connectivity index (χ0) is 12.3. The Morgan fingerprint density at radius 1 is 1.56 bits per heavy atom. The van der Waals surface area contributed by atoms with E-state index in [1.165, 1.54) is 0 Å². The highest BCUT2D eigenvalue weighted by Gasteiger charge is 2.21. The van der Waals surface area contributed by atoms with Gasteiger partial charge in [0.15, 0.2) is 0 Å². The van der Waals surface area contributed by atoms with Gasteiger partial charge in [-0.2, -0.15) is 0 Å². The van der Waals surface area contributed by atoms with Crippen molar-refractivity contribution in [2.24, 2.45) is 0 Å². The molecule has 1 atom stereocenters. The van der Waals surface area contributed by atoms with Crippen molar-refractivity contribution in [2.75, 3.05) is 14.1 Å². The van der Waals surface area contributed by atoms with E-state index in [4.69, 9.17) is 5.11 Å². The number of carbonyl (C=O) groups is 1. The van der Waals surface area contributed by atoms with Crippen LogP contribution in [0.3, 0.4) is 0 Å². The van der Waals surface area contributed by atoms with Crippen LogP contribution in [0.1, 0.15) is 18.2 Å². The molecule has 4 nitrogen and oxygen atoms in total. The van der Waals surface area contributed by atoms with E-state index in [0.29, 0.717) is 0 Å². The number of rotatable bonds is 4. The van der Waals surface area contributed by atoms with Gasteiger partial charge in [-0.1, -0.05) is 0 Å². The minimum Gasteiger partial charge on any atom is -0.481 e. The molecule has 0 saturated carbocycles. The summed E-state index contributed by atoms with van der Waals surface area (Å²) in [6, 6.07) is 1.63. The lowest BCUT2D eigenvalue weighted by Gasteiger charge is -2.23. The van der Waals surface area contributed by atoms with Crippen molar-refractivity contribution in [1.82, 2.24) is 9.88 Å². The van der Waals surface area contributed by atoms with Crippen LogP contribution in [0.5, 0.6) is 0 Å². The van der Waals surface area contributed by atoms with Crippen LogP contribution in [-0.4, -0.2) is 35.1 Å². The fraction of sp³-hybridized carbons (Fsp3) is 0.400. The second kappa shape index (κ2) is 5.75. The van der Waals surface area contributed by atoms with Gasteiger partial charge in [-0.15, -0.1) is 0 Å². The van der Waals surface area contributed by atoms with E-state index in [-0.39, 0.29) is 12.5 Å². The molecule has 0 saturated heterocycles. The zero-order valence-corrected chi connectivity index (χ0v) is 12.1. The van der Waals surface area contributed by atoms with Crippen molar-refractivity contribution in [3.8, 4) is 0 Å². The van der Waals surface area contributed by atoms with Gasteiger partial charge in [0.05, 0.1) is 18.2 Å². The first-order valence-electron chi connectivity index (χ1n) is 4.61. The van der Waals surface area contributed by atoms with Gasteiger partial charge >= 0.3 is 5.97 Å². The lowest BCUT2D eigenvalue weighted by Crippen LogP contribution is -2.24. The molecular weight excluding hydrogens is 340 g/mol. The first-order chi connectivity index (χ1) is 7.41. The van der Waals surface area contributed by atoms with Crippen LogP contribution in [0, 0.1) is 0 Å². The minimum atomic E-state index is -0.838. The van der Waals surface area contributed by atoms with Gasteiger partial charge in [-0.3, -0.25) is 9.78 Å². The molecule has 1 aromatic heterocycles. The third kappa shape index (κ3) is 3.54. The number of carboxylic acid groups (broad SMARTS) is 1. The van der Waals surface area contributed by atoms with E-state index >= 15 is 0 Å². The molecule has 1 rings (SSSR count). The Morgan fingerprint density at radius 3 is 2.62 bits per heavy atom. The molecule has 1 heterocycles. The van der Waals surface area contributed by atoms with Crippen LogP contribution in [0.4, 0.5) is 0 Å². The van der Waals surface area contributed by atoms with Gasteiger partial charge in [-0.05, 0) is 52.0 Å². The number of halogens is 2. The van der Waals surface area contributed by atoms with E-state index in [1.54, 1.807) is 6.20 Å². The van der Waals surface area contributed by atoms with E-state index in [1.807, 2.05) is 25.1 Å². The summed E-state index contributed by atoms with van der Waals surface area (Å²) in [4.78, 5) is 16.9. The molecule has 0 aliphatic heterocycles. The average Bonchev–Trinajstić information content (AvgIpc) is 2.14. The molecule has 1 N–H and O–H groups in total. The highest BCUT2D eigenvalue weighted by Crippen LogP contribution is 2.29. The average molecular weight is 352 g/mol. The molecule has 1 aromatic rings. The summed E-state index contributed by atoms with van der Waals surface area (Å²) in [5.41, 5.74) is 0.732. The molecule has 6 heteroatoms. The highest BCUT2D eigenvalue weighted by atomic mass is 79.9. The summed E-state index contributed by atoms with van der Waals surface area (Å²) in [6.45, 7) is 0. The Balaban J connectivity index is 3.05. The van der Waals surface area contributed by atoms with Crippen LogP contribution >= 0.6 is 31.9 Å². The van der Waals surface area contributed by atoms with Gasteiger partial charge in [0, 0.05) is 15.1 Å². The SMILES string of the molecule is CN(C)C(CC(=O)O)c1ncc(Br)cc1Br. The molecule has 0 radical (unpaired) electrons. The molecule has 0 aliphatic carbocycles. The maximum atomic E-state index is 10.8. The number of aromatic nitrogens is 1. The van der Waals surface area contributed by atoms with E-state index < -0.39 is 5.97 Å². The Morgan fingerprint density at radius 2 is 2.19 bits per heavy atom. The van der Waals surface area contributed by atoms with Crippen molar-refractivity contribution < 1.29 is 9.90 Å². The number of hydrogen-bond donors (Lipinski definition) is 1. The van der Waals surface area contributed by atoms with Crippen LogP contribution in [-0.2, 0) is 4.79 Å². The molecule has 0 spiro atoms. The summed E-state index contributed by atoms with van der Waals surface area (Å²) in [5.74, 6) is -0.838. The van der Waals surface area contributed by atoms with Crippen LogP contribution in [0.15, 0.2) is 21.2 Å². The summed E-state index contributed by atoms with van der Waals surface area (Å²) >= 11 is 6.70. The Bertz CT molecular complexity index is 396. The first kappa shape index (κ1) is 13.6. The molecular formula is C10H12Br2N2O2. The highest BCUT2D eigenvalue weighted by molar-refractivity contribution is 9.11. The second-order valence-corrected chi connectivity index (χ2v) is 5.37. The monoisotopic (exact) mass is 350 g/mol. The van der Waals surface area contributed by atoms with E-state index in [0.717, 1.165) is 14.6 Å². The third-order valence-corrected chi connectivity index (χ3v) is 3.21. The number of aliphatic carboxylic acids is 1. The first-order valence-corrected chi connectivity index (χ1v) is 6.19. The van der Waals surface area contributed by atoms with Crippen molar-refractivity contribution in [3.63, 3.8) is 0 Å². The number of hydrogen-bond acceptors (Lipinski definition) is 3. The molecule has 0 bridgehead atoms. The minimum absolute atomic E-state index is 0.0280. The lowest BCUT2D eigenvalue weighted by molar-refractivity contribution is -0.138.